The molecule has 0 bridgehead atoms. The Morgan fingerprint density at radius 2 is 1.64 bits per heavy atom. The van der Waals surface area contributed by atoms with E-state index in [0.717, 1.165) is 73.7 Å². The number of hydrogen-bond donors (Lipinski definition) is 1. The molecule has 0 atom stereocenters. The van der Waals surface area contributed by atoms with E-state index >= 15 is 0 Å². The summed E-state index contributed by atoms with van der Waals surface area (Å²) in [6.07, 6.45) is 7.28. The van der Waals surface area contributed by atoms with Crippen molar-refractivity contribution in [1.82, 2.24) is 9.38 Å². The number of anilines is 3. The van der Waals surface area contributed by atoms with Gasteiger partial charge in [0.2, 0.25) is 0 Å². The summed E-state index contributed by atoms with van der Waals surface area (Å²) < 4.78 is 1.87. The first kappa shape index (κ1) is 25.2. The average Bonchev–Trinajstić information content (AvgIpc) is 3.66. The van der Waals surface area contributed by atoms with Crippen LogP contribution in [-0.4, -0.2) is 47.3 Å². The smallest absolute Gasteiger partial charge is 0.298 e. The summed E-state index contributed by atoms with van der Waals surface area (Å²) in [5.74, 6) is 0.302. The van der Waals surface area contributed by atoms with Gasteiger partial charge in [0.25, 0.3) is 11.7 Å². The lowest BCUT2D eigenvalue weighted by atomic mass is 9.96. The van der Waals surface area contributed by atoms with Crippen LogP contribution in [0.2, 0.25) is 0 Å². The fourth-order valence-electron chi connectivity index (χ4n) is 6.02. The van der Waals surface area contributed by atoms with Crippen molar-refractivity contribution in [3.05, 3.63) is 89.9 Å². The molecule has 0 unspecified atom stereocenters. The fraction of sp³-hybridized carbons (Fsp3) is 0.344. The highest BCUT2D eigenvalue weighted by Gasteiger charge is 2.29. The Bertz CT molecular complexity index is 1480. The highest BCUT2D eigenvalue weighted by atomic mass is 16.2. The third-order valence-corrected chi connectivity index (χ3v) is 8.17. The molecule has 1 aliphatic heterocycles. The summed E-state index contributed by atoms with van der Waals surface area (Å²) in [5.41, 5.74) is 5.31. The number of nitrogens with one attached hydrogen (secondary N) is 1. The molecule has 1 amide bonds. The van der Waals surface area contributed by atoms with Gasteiger partial charge in [0.1, 0.15) is 11.5 Å². The molecule has 1 N–H and O–H groups in total. The lowest BCUT2D eigenvalue weighted by Gasteiger charge is -2.37. The van der Waals surface area contributed by atoms with Crippen LogP contribution in [-0.2, 0) is 11.2 Å². The van der Waals surface area contributed by atoms with Crippen LogP contribution in [0.15, 0.2) is 72.9 Å². The second kappa shape index (κ2) is 10.9. The Labute approximate surface area is 229 Å². The number of piperazine rings is 1. The Morgan fingerprint density at radius 3 is 2.38 bits per heavy atom. The number of Topliss-reactive ketones (excluding diaryl/α,β-unsaturated/α-hetero) is 1. The number of rotatable bonds is 7. The van der Waals surface area contributed by atoms with E-state index in [-0.39, 0.29) is 0 Å². The molecule has 2 aliphatic rings. The highest BCUT2D eigenvalue weighted by molar-refractivity contribution is 6.46. The van der Waals surface area contributed by atoms with Crippen LogP contribution < -0.4 is 15.1 Å². The summed E-state index contributed by atoms with van der Waals surface area (Å²) in [6.45, 7) is 5.73. The molecule has 0 spiro atoms. The zero-order valence-corrected chi connectivity index (χ0v) is 22.5. The number of ketones is 1. The minimum absolute atomic E-state index is 0.336. The molecule has 200 valence electrons. The largest absolute Gasteiger partial charge is 0.368 e. The van der Waals surface area contributed by atoms with Gasteiger partial charge in [-0.15, -0.1) is 0 Å². The van der Waals surface area contributed by atoms with E-state index in [1.165, 1.54) is 12.8 Å². The van der Waals surface area contributed by atoms with Crippen molar-refractivity contribution in [2.75, 3.05) is 41.3 Å². The van der Waals surface area contributed by atoms with Crippen molar-refractivity contribution >= 4 is 34.4 Å². The number of aromatic nitrogens is 2. The van der Waals surface area contributed by atoms with Gasteiger partial charge < -0.3 is 19.5 Å². The quantitative estimate of drug-likeness (QED) is 0.250. The van der Waals surface area contributed by atoms with Crippen molar-refractivity contribution in [3.63, 3.8) is 0 Å². The van der Waals surface area contributed by atoms with Gasteiger partial charge in [-0.2, -0.15) is 0 Å². The van der Waals surface area contributed by atoms with Crippen LogP contribution in [0.1, 0.15) is 60.3 Å². The lowest BCUT2D eigenvalue weighted by Crippen LogP contribution is -2.46. The van der Waals surface area contributed by atoms with E-state index in [2.05, 4.69) is 46.3 Å². The third kappa shape index (κ3) is 5.13. The fourth-order valence-corrected chi connectivity index (χ4v) is 6.02. The number of pyridine rings is 2. The van der Waals surface area contributed by atoms with Crippen LogP contribution in [0.3, 0.4) is 0 Å². The van der Waals surface area contributed by atoms with Crippen molar-refractivity contribution in [2.24, 2.45) is 0 Å². The first-order valence-corrected chi connectivity index (χ1v) is 14.1. The Morgan fingerprint density at radius 1 is 0.897 bits per heavy atom. The summed E-state index contributed by atoms with van der Waals surface area (Å²) in [4.78, 5) is 36.0. The number of benzene rings is 1. The maximum absolute atomic E-state index is 13.5. The van der Waals surface area contributed by atoms with E-state index < -0.39 is 11.7 Å². The standard InChI is InChI=1S/C32H35N5O2/c1-2-24-10-7-12-29(33-24)36-20-18-35(19-21-36)26-15-13-25(14-16-26)34-32(39)31(38)30-28(23-8-3-4-9-23)22-27-11-5-6-17-37(27)30/h5-7,10-17,22-23H,2-4,8-9,18-21H2,1H3,(H,34,39). The van der Waals surface area contributed by atoms with E-state index in [1.54, 1.807) is 0 Å². The maximum Gasteiger partial charge on any atom is 0.298 e. The van der Waals surface area contributed by atoms with Gasteiger partial charge in [0.15, 0.2) is 0 Å². The molecule has 1 aliphatic carbocycles. The molecule has 3 aromatic heterocycles. The maximum atomic E-state index is 13.5. The SMILES string of the molecule is CCc1cccc(N2CCN(c3ccc(NC(=O)C(=O)c4c(C5CCCC5)cc5ccccn45)cc3)CC2)n1. The predicted octanol–water partition coefficient (Wildman–Crippen LogP) is 5.70. The van der Waals surface area contributed by atoms with Gasteiger partial charge >= 0.3 is 0 Å². The summed E-state index contributed by atoms with van der Waals surface area (Å²) in [6, 6.07) is 22.0. The van der Waals surface area contributed by atoms with E-state index in [1.807, 2.05) is 53.1 Å². The molecular formula is C32H35N5O2. The molecule has 39 heavy (non-hydrogen) atoms. The lowest BCUT2D eigenvalue weighted by molar-refractivity contribution is -0.112. The number of nitrogens with zero attached hydrogens (tertiary/aromatic N) is 4. The van der Waals surface area contributed by atoms with E-state index in [0.29, 0.717) is 17.3 Å². The number of aryl methyl sites for hydroxylation is 1. The van der Waals surface area contributed by atoms with Crippen LogP contribution in [0, 0.1) is 0 Å². The molecular weight excluding hydrogens is 486 g/mol. The minimum Gasteiger partial charge on any atom is -0.368 e. The Kier molecular flexibility index (Phi) is 7.05. The minimum atomic E-state index is -0.596. The zero-order valence-electron chi connectivity index (χ0n) is 22.5. The van der Waals surface area contributed by atoms with Crippen LogP contribution >= 0.6 is 0 Å². The van der Waals surface area contributed by atoms with Crippen molar-refractivity contribution < 1.29 is 9.59 Å². The van der Waals surface area contributed by atoms with Gasteiger partial charge in [0, 0.05) is 55.0 Å². The van der Waals surface area contributed by atoms with Gasteiger partial charge in [-0.3, -0.25) is 9.59 Å². The molecule has 1 saturated carbocycles. The van der Waals surface area contributed by atoms with Crippen LogP contribution in [0.25, 0.3) is 5.52 Å². The predicted molar refractivity (Wildman–Crippen MR) is 156 cm³/mol. The van der Waals surface area contributed by atoms with Crippen LogP contribution in [0.5, 0.6) is 0 Å². The van der Waals surface area contributed by atoms with Gasteiger partial charge in [-0.1, -0.05) is 31.9 Å². The molecule has 7 heteroatoms. The molecule has 4 heterocycles. The molecule has 1 aromatic carbocycles. The normalized spacial score (nSPS) is 16.1. The molecule has 6 rings (SSSR count). The first-order chi connectivity index (χ1) is 19.1. The summed E-state index contributed by atoms with van der Waals surface area (Å²) in [5, 5.41) is 2.85. The number of carbonyl (C=O) groups is 2. The van der Waals surface area contributed by atoms with Gasteiger partial charge in [-0.25, -0.2) is 4.98 Å². The summed E-state index contributed by atoms with van der Waals surface area (Å²) in [7, 11) is 0. The molecule has 4 aromatic rings. The van der Waals surface area contributed by atoms with Crippen molar-refractivity contribution in [3.8, 4) is 0 Å². The topological polar surface area (TPSA) is 70.0 Å². The monoisotopic (exact) mass is 521 g/mol. The number of amides is 1. The van der Waals surface area contributed by atoms with E-state index in [9.17, 15) is 9.59 Å². The molecule has 1 saturated heterocycles. The average molecular weight is 522 g/mol. The second-order valence-electron chi connectivity index (χ2n) is 10.6. The number of fused-ring (bicyclic) bond motifs is 1. The van der Waals surface area contributed by atoms with Crippen molar-refractivity contribution in [1.29, 1.82) is 0 Å². The Hall–Kier alpha value is -4.13. The zero-order chi connectivity index (χ0) is 26.8. The van der Waals surface area contributed by atoms with Gasteiger partial charge in [-0.05, 0) is 85.3 Å². The third-order valence-electron chi connectivity index (χ3n) is 8.17. The highest BCUT2D eigenvalue weighted by Crippen LogP contribution is 2.37. The van der Waals surface area contributed by atoms with Crippen molar-refractivity contribution in [2.45, 2.75) is 44.9 Å². The van der Waals surface area contributed by atoms with E-state index in [4.69, 9.17) is 4.98 Å². The molecule has 7 nitrogen and oxygen atoms in total. The van der Waals surface area contributed by atoms with Crippen LogP contribution in [0.4, 0.5) is 17.2 Å². The second-order valence-corrected chi connectivity index (χ2v) is 10.6. The molecule has 2 fully saturated rings. The number of hydrogen-bond acceptors (Lipinski definition) is 5. The molecule has 0 radical (unpaired) electrons. The first-order valence-electron chi connectivity index (χ1n) is 14.1. The van der Waals surface area contributed by atoms with Gasteiger partial charge in [0.05, 0.1) is 0 Å². The summed E-state index contributed by atoms with van der Waals surface area (Å²) >= 11 is 0. The number of carbonyl (C=O) groups excluding carboxylic acids is 2. The Balaban J connectivity index is 1.12.